The van der Waals surface area contributed by atoms with Crippen molar-refractivity contribution in [1.29, 1.82) is 0 Å². The third-order valence-corrected chi connectivity index (χ3v) is 4.44. The van der Waals surface area contributed by atoms with E-state index in [1.54, 1.807) is 17.0 Å². The molecule has 0 unspecified atom stereocenters. The Morgan fingerprint density at radius 1 is 0.926 bits per heavy atom. The van der Waals surface area contributed by atoms with E-state index < -0.39 is 0 Å². The Labute approximate surface area is 158 Å². The molecule has 140 valence electrons. The molecule has 2 aromatic heterocycles. The SMILES string of the molecule is CCc1cccc(CC)c1-c1nc(NNc2ccncc2)nc(=O)n1CC. The highest BCUT2D eigenvalue weighted by molar-refractivity contribution is 5.66. The Balaban J connectivity index is 2.07. The average molecular weight is 364 g/mol. The molecule has 0 aliphatic rings. The molecule has 3 rings (SSSR count). The summed E-state index contributed by atoms with van der Waals surface area (Å²) in [6.07, 6.45) is 5.08. The molecule has 0 radical (unpaired) electrons. The monoisotopic (exact) mass is 364 g/mol. The highest BCUT2D eigenvalue weighted by Gasteiger charge is 2.17. The molecule has 7 nitrogen and oxygen atoms in total. The van der Waals surface area contributed by atoms with Crippen molar-refractivity contribution < 1.29 is 0 Å². The van der Waals surface area contributed by atoms with E-state index in [1.807, 2.05) is 19.1 Å². The molecule has 0 saturated carbocycles. The minimum Gasteiger partial charge on any atom is -0.298 e. The zero-order valence-corrected chi connectivity index (χ0v) is 15.9. The fourth-order valence-electron chi connectivity index (χ4n) is 3.05. The topological polar surface area (TPSA) is 84.7 Å². The van der Waals surface area contributed by atoms with Gasteiger partial charge in [-0.3, -0.25) is 20.4 Å². The summed E-state index contributed by atoms with van der Waals surface area (Å²) in [6, 6.07) is 9.85. The number of hydrogen-bond donors (Lipinski definition) is 2. The second kappa shape index (κ2) is 8.44. The number of nitrogens with zero attached hydrogens (tertiary/aromatic N) is 4. The normalized spacial score (nSPS) is 10.6. The molecular weight excluding hydrogens is 340 g/mol. The van der Waals surface area contributed by atoms with Gasteiger partial charge in [0.2, 0.25) is 5.95 Å². The maximum atomic E-state index is 12.6. The van der Waals surface area contributed by atoms with Crippen LogP contribution in [0.1, 0.15) is 31.9 Å². The lowest BCUT2D eigenvalue weighted by Gasteiger charge is -2.17. The quantitative estimate of drug-likeness (QED) is 0.626. The maximum Gasteiger partial charge on any atom is 0.352 e. The van der Waals surface area contributed by atoms with Crippen molar-refractivity contribution in [3.63, 3.8) is 0 Å². The lowest BCUT2D eigenvalue weighted by molar-refractivity contribution is 0.686. The van der Waals surface area contributed by atoms with Crippen molar-refractivity contribution >= 4 is 11.6 Å². The third-order valence-electron chi connectivity index (χ3n) is 4.44. The Bertz CT molecular complexity index is 946. The first-order chi connectivity index (χ1) is 13.2. The van der Waals surface area contributed by atoms with Crippen LogP contribution in [0.5, 0.6) is 0 Å². The molecule has 0 aliphatic carbocycles. The number of anilines is 2. The zero-order chi connectivity index (χ0) is 19.2. The van der Waals surface area contributed by atoms with Gasteiger partial charge in [-0.05, 0) is 43.0 Å². The Kier molecular flexibility index (Phi) is 5.80. The summed E-state index contributed by atoms with van der Waals surface area (Å²) < 4.78 is 1.62. The Hall–Kier alpha value is -3.22. The van der Waals surface area contributed by atoms with Gasteiger partial charge in [-0.2, -0.15) is 9.97 Å². The van der Waals surface area contributed by atoms with Gasteiger partial charge < -0.3 is 0 Å². The second-order valence-electron chi connectivity index (χ2n) is 6.04. The lowest BCUT2D eigenvalue weighted by atomic mass is 9.97. The summed E-state index contributed by atoms with van der Waals surface area (Å²) >= 11 is 0. The zero-order valence-electron chi connectivity index (χ0n) is 15.9. The predicted octanol–water partition coefficient (Wildman–Crippen LogP) is 3.28. The molecule has 0 fully saturated rings. The highest BCUT2D eigenvalue weighted by Crippen LogP contribution is 2.27. The van der Waals surface area contributed by atoms with Crippen LogP contribution in [0.25, 0.3) is 11.4 Å². The number of pyridine rings is 1. The van der Waals surface area contributed by atoms with E-state index in [-0.39, 0.29) is 11.6 Å². The van der Waals surface area contributed by atoms with Crippen LogP contribution >= 0.6 is 0 Å². The molecular formula is C20H24N6O. The summed E-state index contributed by atoms with van der Waals surface area (Å²) in [5.41, 5.74) is 9.76. The van der Waals surface area contributed by atoms with Crippen LogP contribution in [0, 0.1) is 0 Å². The Morgan fingerprint density at radius 3 is 2.19 bits per heavy atom. The minimum atomic E-state index is -0.325. The molecule has 0 aliphatic heterocycles. The first-order valence-corrected chi connectivity index (χ1v) is 9.19. The van der Waals surface area contributed by atoms with E-state index in [9.17, 15) is 4.79 Å². The summed E-state index contributed by atoms with van der Waals surface area (Å²) in [4.78, 5) is 25.3. The number of aromatic nitrogens is 4. The summed E-state index contributed by atoms with van der Waals surface area (Å²) in [6.45, 7) is 6.65. The van der Waals surface area contributed by atoms with Gasteiger partial charge >= 0.3 is 5.69 Å². The van der Waals surface area contributed by atoms with E-state index in [1.165, 1.54) is 11.1 Å². The molecule has 3 aromatic rings. The van der Waals surface area contributed by atoms with Crippen molar-refractivity contribution in [3.8, 4) is 11.4 Å². The van der Waals surface area contributed by atoms with Gasteiger partial charge in [0, 0.05) is 24.5 Å². The molecule has 0 saturated heterocycles. The number of benzene rings is 1. The van der Waals surface area contributed by atoms with Gasteiger partial charge in [-0.15, -0.1) is 0 Å². The molecule has 0 atom stereocenters. The van der Waals surface area contributed by atoms with Gasteiger partial charge in [0.1, 0.15) is 5.82 Å². The van der Waals surface area contributed by atoms with Gasteiger partial charge in [-0.25, -0.2) is 4.79 Å². The number of hydrazine groups is 1. The number of hydrogen-bond acceptors (Lipinski definition) is 6. The number of nitrogens with one attached hydrogen (secondary N) is 2. The summed E-state index contributed by atoms with van der Waals surface area (Å²) in [5, 5.41) is 0. The van der Waals surface area contributed by atoms with Crippen LogP contribution in [-0.2, 0) is 19.4 Å². The van der Waals surface area contributed by atoms with Gasteiger partial charge in [0.25, 0.3) is 0 Å². The largest absolute Gasteiger partial charge is 0.352 e. The second-order valence-corrected chi connectivity index (χ2v) is 6.04. The standard InChI is InChI=1S/C20H24N6O/c1-4-14-8-7-9-15(5-2)17(14)18-22-19(23-20(27)26(18)6-3)25-24-16-10-12-21-13-11-16/h7-13H,4-6H2,1-3H3,(H,21,24)(H,23,25,27). The maximum absolute atomic E-state index is 12.6. The van der Waals surface area contributed by atoms with Crippen LogP contribution in [0.15, 0.2) is 47.5 Å². The number of aryl methyl sites for hydroxylation is 2. The molecule has 7 heteroatoms. The molecule has 0 bridgehead atoms. The fourth-order valence-corrected chi connectivity index (χ4v) is 3.05. The average Bonchev–Trinajstić information content (AvgIpc) is 2.71. The molecule has 0 spiro atoms. The van der Waals surface area contributed by atoms with Crippen molar-refractivity contribution in [2.24, 2.45) is 0 Å². The van der Waals surface area contributed by atoms with Crippen LogP contribution < -0.4 is 16.5 Å². The van der Waals surface area contributed by atoms with Crippen molar-refractivity contribution in [1.82, 2.24) is 19.5 Å². The van der Waals surface area contributed by atoms with Crippen LogP contribution in [0.4, 0.5) is 11.6 Å². The first-order valence-electron chi connectivity index (χ1n) is 9.19. The fraction of sp³-hybridized carbons (Fsp3) is 0.300. The molecule has 2 N–H and O–H groups in total. The van der Waals surface area contributed by atoms with Gasteiger partial charge in [0.15, 0.2) is 0 Å². The van der Waals surface area contributed by atoms with Crippen molar-refractivity contribution in [2.75, 3.05) is 10.9 Å². The van der Waals surface area contributed by atoms with Crippen molar-refractivity contribution in [2.45, 2.75) is 40.2 Å². The Morgan fingerprint density at radius 2 is 1.59 bits per heavy atom. The first kappa shape index (κ1) is 18.6. The molecule has 27 heavy (non-hydrogen) atoms. The predicted molar refractivity (Wildman–Crippen MR) is 108 cm³/mol. The smallest absolute Gasteiger partial charge is 0.298 e. The van der Waals surface area contributed by atoms with E-state index in [4.69, 9.17) is 0 Å². The van der Waals surface area contributed by atoms with Crippen LogP contribution in [0.2, 0.25) is 0 Å². The molecule has 1 aromatic carbocycles. The van der Waals surface area contributed by atoms with Crippen LogP contribution in [0.3, 0.4) is 0 Å². The highest BCUT2D eigenvalue weighted by atomic mass is 16.1. The summed E-state index contributed by atoms with van der Waals surface area (Å²) in [5.74, 6) is 0.885. The molecule has 0 amide bonds. The van der Waals surface area contributed by atoms with E-state index in [0.29, 0.717) is 12.4 Å². The van der Waals surface area contributed by atoms with Crippen molar-refractivity contribution in [3.05, 3.63) is 64.3 Å². The summed E-state index contributed by atoms with van der Waals surface area (Å²) in [7, 11) is 0. The molecule has 2 heterocycles. The lowest BCUT2D eigenvalue weighted by Crippen LogP contribution is -2.28. The third kappa shape index (κ3) is 3.97. The van der Waals surface area contributed by atoms with E-state index in [0.717, 1.165) is 24.1 Å². The van der Waals surface area contributed by atoms with E-state index in [2.05, 4.69) is 57.9 Å². The number of rotatable bonds is 7. The minimum absolute atomic E-state index is 0.240. The van der Waals surface area contributed by atoms with Gasteiger partial charge in [-0.1, -0.05) is 32.0 Å². The van der Waals surface area contributed by atoms with Gasteiger partial charge in [0.05, 0.1) is 5.69 Å². The van der Waals surface area contributed by atoms with Crippen LogP contribution in [-0.4, -0.2) is 19.5 Å². The van der Waals surface area contributed by atoms with E-state index >= 15 is 0 Å².